The molecule has 1 aliphatic carbocycles. The minimum absolute atomic E-state index is 0.261. The smallest absolute Gasteiger partial charge is 0.328 e. The van der Waals surface area contributed by atoms with E-state index in [9.17, 15) is 14.7 Å². The molecule has 0 bridgehead atoms. The third kappa shape index (κ3) is 3.00. The van der Waals surface area contributed by atoms with E-state index in [4.69, 9.17) is 4.52 Å². The molecule has 8 nitrogen and oxygen atoms in total. The van der Waals surface area contributed by atoms with Crippen LogP contribution >= 0.6 is 11.8 Å². The number of hydrogen-bond acceptors (Lipinski definition) is 6. The summed E-state index contributed by atoms with van der Waals surface area (Å²) in [6.07, 6.45) is 5.19. The van der Waals surface area contributed by atoms with E-state index in [1.807, 2.05) is 36.4 Å². The van der Waals surface area contributed by atoms with Gasteiger partial charge in [0.1, 0.15) is 5.69 Å². The second-order valence-corrected chi connectivity index (χ2v) is 9.15. The number of carboxylic acid groups (broad SMARTS) is 1. The van der Waals surface area contributed by atoms with Gasteiger partial charge in [-0.1, -0.05) is 47.3 Å². The molecule has 6 rings (SSSR count). The Morgan fingerprint density at radius 1 is 1.22 bits per heavy atom. The molecule has 160 valence electrons. The lowest BCUT2D eigenvalue weighted by molar-refractivity contribution is -0.141. The molecule has 2 atom stereocenters. The van der Waals surface area contributed by atoms with Crippen LogP contribution in [-0.4, -0.2) is 30.8 Å². The fourth-order valence-corrected chi connectivity index (χ4v) is 5.90. The topological polar surface area (TPSA) is 114 Å². The summed E-state index contributed by atoms with van der Waals surface area (Å²) in [4.78, 5) is 32.6. The van der Waals surface area contributed by atoms with Crippen LogP contribution in [0.3, 0.4) is 0 Å². The fourth-order valence-electron chi connectivity index (χ4n) is 4.33. The van der Waals surface area contributed by atoms with E-state index in [0.29, 0.717) is 27.7 Å². The number of imidazole rings is 1. The Morgan fingerprint density at radius 3 is 2.72 bits per heavy atom. The summed E-state index contributed by atoms with van der Waals surface area (Å²) in [5.41, 5.74) is 3.52. The van der Waals surface area contributed by atoms with E-state index in [-0.39, 0.29) is 11.5 Å². The zero-order chi connectivity index (χ0) is 21.8. The third-order valence-electron chi connectivity index (χ3n) is 5.94. The lowest BCUT2D eigenvalue weighted by Crippen LogP contribution is -2.30. The van der Waals surface area contributed by atoms with E-state index in [0.717, 1.165) is 24.0 Å². The number of aromatic nitrogens is 4. The van der Waals surface area contributed by atoms with Gasteiger partial charge in [-0.2, -0.15) is 0 Å². The molecule has 4 aromatic rings. The van der Waals surface area contributed by atoms with Crippen LogP contribution in [0, 0.1) is 0 Å². The predicted octanol–water partition coefficient (Wildman–Crippen LogP) is 4.24. The number of pyridine rings is 1. The highest BCUT2D eigenvalue weighted by Gasteiger charge is 2.45. The molecular formula is C23H18N4O4S. The van der Waals surface area contributed by atoms with Gasteiger partial charge in [-0.25, -0.2) is 9.78 Å². The average Bonchev–Trinajstić information content (AvgIpc) is 3.22. The van der Waals surface area contributed by atoms with Crippen molar-refractivity contribution in [3.8, 4) is 22.6 Å². The number of thioether (sulfide) groups is 1. The van der Waals surface area contributed by atoms with Crippen molar-refractivity contribution in [1.29, 1.82) is 0 Å². The summed E-state index contributed by atoms with van der Waals surface area (Å²) in [6.45, 7) is 0. The Hall–Kier alpha value is -3.59. The molecule has 1 saturated carbocycles. The number of fused-ring (bicyclic) bond motifs is 1. The van der Waals surface area contributed by atoms with Gasteiger partial charge in [0.2, 0.25) is 0 Å². The van der Waals surface area contributed by atoms with Crippen LogP contribution in [0.4, 0.5) is 0 Å². The third-order valence-corrected chi connectivity index (χ3v) is 7.34. The van der Waals surface area contributed by atoms with E-state index < -0.39 is 17.3 Å². The predicted molar refractivity (Wildman–Crippen MR) is 117 cm³/mol. The first kappa shape index (κ1) is 19.1. The molecule has 1 aromatic carbocycles. The standard InChI is InChI=1S/C23H18N4O4S/c28-18-8-14(17-9-15(26-31-17)12-4-2-1-3-5-12)19(13-6-7-13)22-27(18)20(23(29)30)21(32-22)16-10-24-11-25-16/h1-5,8-11,13,20-21H,6-7H2,(H,24,25)(H,29,30). The SMILES string of the molecule is O=C(O)C1C(c2c[nH]cn2)Sc2c(C3CC3)c(-c3cc(-c4ccccc4)no3)cc(=O)n21. The number of benzene rings is 1. The first-order valence-electron chi connectivity index (χ1n) is 10.3. The zero-order valence-electron chi connectivity index (χ0n) is 16.8. The van der Waals surface area contributed by atoms with Gasteiger partial charge in [0.05, 0.1) is 22.3 Å². The van der Waals surface area contributed by atoms with Crippen molar-refractivity contribution < 1.29 is 14.4 Å². The van der Waals surface area contributed by atoms with Crippen LogP contribution in [-0.2, 0) is 4.79 Å². The van der Waals surface area contributed by atoms with E-state index >= 15 is 0 Å². The molecular weight excluding hydrogens is 428 g/mol. The molecule has 32 heavy (non-hydrogen) atoms. The van der Waals surface area contributed by atoms with E-state index in [1.54, 1.807) is 6.20 Å². The Labute approximate surface area is 186 Å². The number of carboxylic acids is 1. The summed E-state index contributed by atoms with van der Waals surface area (Å²) in [5.74, 6) is -0.272. The summed E-state index contributed by atoms with van der Waals surface area (Å²) in [5, 5.41) is 14.4. The summed E-state index contributed by atoms with van der Waals surface area (Å²) < 4.78 is 7.09. The zero-order valence-corrected chi connectivity index (χ0v) is 17.6. The Balaban J connectivity index is 1.51. The molecule has 0 amide bonds. The van der Waals surface area contributed by atoms with Crippen LogP contribution < -0.4 is 5.56 Å². The van der Waals surface area contributed by atoms with Gasteiger partial charge in [-0.05, 0) is 24.3 Å². The van der Waals surface area contributed by atoms with Crippen LogP contribution in [0.15, 0.2) is 69.3 Å². The summed E-state index contributed by atoms with van der Waals surface area (Å²) in [6, 6.07) is 12.0. The van der Waals surface area contributed by atoms with Crippen molar-refractivity contribution in [3.63, 3.8) is 0 Å². The van der Waals surface area contributed by atoms with E-state index in [2.05, 4.69) is 15.1 Å². The molecule has 0 spiro atoms. The number of H-pyrrole nitrogens is 1. The minimum Gasteiger partial charge on any atom is -0.480 e. The first-order valence-corrected chi connectivity index (χ1v) is 11.2. The molecule has 2 N–H and O–H groups in total. The maximum absolute atomic E-state index is 13.2. The number of aliphatic carboxylic acids is 1. The number of rotatable bonds is 5. The lowest BCUT2D eigenvalue weighted by atomic mass is 10.0. The van der Waals surface area contributed by atoms with Crippen molar-refractivity contribution in [1.82, 2.24) is 19.7 Å². The fraction of sp³-hybridized carbons (Fsp3) is 0.217. The van der Waals surface area contributed by atoms with Crippen molar-refractivity contribution in [2.24, 2.45) is 0 Å². The molecule has 9 heteroatoms. The molecule has 0 radical (unpaired) electrons. The van der Waals surface area contributed by atoms with Gasteiger partial charge in [0.15, 0.2) is 11.8 Å². The monoisotopic (exact) mass is 446 g/mol. The highest BCUT2D eigenvalue weighted by atomic mass is 32.2. The van der Waals surface area contributed by atoms with Gasteiger partial charge < -0.3 is 14.6 Å². The number of nitrogens with one attached hydrogen (secondary N) is 1. The Bertz CT molecular complexity index is 1370. The van der Waals surface area contributed by atoms with Crippen LogP contribution in [0.1, 0.15) is 41.3 Å². The van der Waals surface area contributed by atoms with Crippen molar-refractivity contribution in [2.75, 3.05) is 0 Å². The van der Waals surface area contributed by atoms with Gasteiger partial charge in [-0.15, -0.1) is 0 Å². The maximum Gasteiger partial charge on any atom is 0.328 e. The highest BCUT2D eigenvalue weighted by molar-refractivity contribution is 7.99. The van der Waals surface area contributed by atoms with Crippen molar-refractivity contribution in [3.05, 3.63) is 76.6 Å². The summed E-state index contributed by atoms with van der Waals surface area (Å²) >= 11 is 1.39. The van der Waals surface area contributed by atoms with Crippen LogP contribution in [0.25, 0.3) is 22.6 Å². The number of nitrogens with zero attached hydrogens (tertiary/aromatic N) is 3. The molecule has 1 fully saturated rings. The van der Waals surface area contributed by atoms with Gasteiger partial charge >= 0.3 is 5.97 Å². The number of aromatic amines is 1. The molecule has 3 aromatic heterocycles. The van der Waals surface area contributed by atoms with E-state index in [1.165, 1.54) is 28.7 Å². The lowest BCUT2D eigenvalue weighted by Gasteiger charge is -2.15. The van der Waals surface area contributed by atoms with Gasteiger partial charge in [0, 0.05) is 29.5 Å². The molecule has 1 aliphatic heterocycles. The van der Waals surface area contributed by atoms with Crippen molar-refractivity contribution >= 4 is 17.7 Å². The molecule has 2 aliphatic rings. The second-order valence-electron chi connectivity index (χ2n) is 8.02. The Morgan fingerprint density at radius 2 is 2.03 bits per heavy atom. The Kier molecular flexibility index (Phi) is 4.32. The normalized spacial score (nSPS) is 19.8. The quantitative estimate of drug-likeness (QED) is 0.471. The number of hydrogen-bond donors (Lipinski definition) is 2. The molecule has 0 saturated heterocycles. The average molecular weight is 446 g/mol. The first-order chi connectivity index (χ1) is 15.6. The van der Waals surface area contributed by atoms with Gasteiger partial charge in [0.25, 0.3) is 5.56 Å². The van der Waals surface area contributed by atoms with Gasteiger partial charge in [-0.3, -0.25) is 9.36 Å². The summed E-state index contributed by atoms with van der Waals surface area (Å²) in [7, 11) is 0. The minimum atomic E-state index is -1.05. The highest BCUT2D eigenvalue weighted by Crippen LogP contribution is 2.56. The molecule has 4 heterocycles. The maximum atomic E-state index is 13.2. The molecule has 2 unspecified atom stereocenters. The van der Waals surface area contributed by atoms with Crippen LogP contribution in [0.2, 0.25) is 0 Å². The van der Waals surface area contributed by atoms with Crippen LogP contribution in [0.5, 0.6) is 0 Å². The largest absolute Gasteiger partial charge is 0.480 e. The second kappa shape index (κ2) is 7.23. The number of carbonyl (C=O) groups is 1. The van der Waals surface area contributed by atoms with Crippen molar-refractivity contribution in [2.45, 2.75) is 35.1 Å².